The standard InChI is InChI=1S/C10H25N2OPSi/c1-10(2,3)15(6,7)13-14-11(4)8-9-12(14)5/h8-9H2,1-7H3. The van der Waals surface area contributed by atoms with Crippen LogP contribution in [0.1, 0.15) is 20.8 Å². The largest absolute Gasteiger partial charge is 0.372 e. The lowest BCUT2D eigenvalue weighted by molar-refractivity contribution is 0.461. The van der Waals surface area contributed by atoms with Crippen LogP contribution in [0.25, 0.3) is 0 Å². The Hall–Kier alpha value is 0.527. The van der Waals surface area contributed by atoms with Crippen LogP contribution in [0, 0.1) is 0 Å². The summed E-state index contributed by atoms with van der Waals surface area (Å²) in [6.07, 6.45) is 0. The summed E-state index contributed by atoms with van der Waals surface area (Å²) in [6, 6.07) is 0. The second-order valence-corrected chi connectivity index (χ2v) is 13.0. The molecule has 5 heteroatoms. The molecule has 0 bridgehead atoms. The highest BCUT2D eigenvalue weighted by Crippen LogP contribution is 2.53. The maximum Gasteiger partial charge on any atom is 0.200 e. The number of rotatable bonds is 2. The molecule has 15 heavy (non-hydrogen) atoms. The summed E-state index contributed by atoms with van der Waals surface area (Å²) in [4.78, 5) is 0. The molecule has 1 aliphatic rings. The maximum atomic E-state index is 6.44. The smallest absolute Gasteiger partial charge is 0.200 e. The lowest BCUT2D eigenvalue weighted by atomic mass is 10.2. The fraction of sp³-hybridized carbons (Fsp3) is 1.00. The van der Waals surface area contributed by atoms with Crippen molar-refractivity contribution in [3.63, 3.8) is 0 Å². The number of likely N-dealkylation sites (N-methyl/N-ethyl adjacent to an activating group) is 2. The minimum atomic E-state index is -1.61. The van der Waals surface area contributed by atoms with E-state index in [-0.39, 0.29) is 0 Å². The van der Waals surface area contributed by atoms with E-state index in [0.717, 1.165) is 13.1 Å². The summed E-state index contributed by atoms with van der Waals surface area (Å²) in [6.45, 7) is 13.8. The van der Waals surface area contributed by atoms with Crippen molar-refractivity contribution in [1.29, 1.82) is 0 Å². The normalized spacial score (nSPS) is 22.6. The van der Waals surface area contributed by atoms with Crippen LogP contribution in [0.3, 0.4) is 0 Å². The minimum absolute atomic E-state index is 0.305. The van der Waals surface area contributed by atoms with Crippen LogP contribution in [0.4, 0.5) is 0 Å². The van der Waals surface area contributed by atoms with E-state index in [0.29, 0.717) is 5.04 Å². The first kappa shape index (κ1) is 13.6. The summed E-state index contributed by atoms with van der Waals surface area (Å²) in [5.74, 6) is 0. The van der Waals surface area contributed by atoms with Crippen molar-refractivity contribution >= 4 is 16.8 Å². The van der Waals surface area contributed by atoms with E-state index in [1.807, 2.05) is 0 Å². The third-order valence-corrected chi connectivity index (χ3v) is 11.1. The van der Waals surface area contributed by atoms with E-state index in [1.165, 1.54) is 0 Å². The molecule has 0 aromatic carbocycles. The fourth-order valence-corrected chi connectivity index (χ4v) is 6.09. The molecule has 0 saturated carbocycles. The van der Waals surface area contributed by atoms with Gasteiger partial charge in [-0.1, -0.05) is 20.8 Å². The summed E-state index contributed by atoms with van der Waals surface area (Å²) in [7, 11) is 2.24. The molecule has 0 aliphatic carbocycles. The van der Waals surface area contributed by atoms with Crippen LogP contribution < -0.4 is 0 Å². The third-order valence-electron chi connectivity index (χ3n) is 3.45. The summed E-state index contributed by atoms with van der Waals surface area (Å²) in [5, 5.41) is 0.305. The van der Waals surface area contributed by atoms with Gasteiger partial charge in [0.25, 0.3) is 0 Å². The zero-order chi connectivity index (χ0) is 11.9. The number of nitrogens with zero attached hydrogens (tertiary/aromatic N) is 2. The van der Waals surface area contributed by atoms with Crippen LogP contribution in [0.2, 0.25) is 18.1 Å². The Morgan fingerprint density at radius 3 is 1.80 bits per heavy atom. The van der Waals surface area contributed by atoms with E-state index in [2.05, 4.69) is 57.3 Å². The molecule has 0 aromatic heterocycles. The average Bonchev–Trinajstić information content (AvgIpc) is 2.33. The molecule has 1 aliphatic heterocycles. The van der Waals surface area contributed by atoms with Gasteiger partial charge in [-0.3, -0.25) is 0 Å². The van der Waals surface area contributed by atoms with Crippen LogP contribution >= 0.6 is 8.45 Å². The van der Waals surface area contributed by atoms with Gasteiger partial charge in [0, 0.05) is 13.1 Å². The third kappa shape index (κ3) is 3.01. The highest BCUT2D eigenvalue weighted by atomic mass is 31.2. The van der Waals surface area contributed by atoms with E-state index >= 15 is 0 Å². The quantitative estimate of drug-likeness (QED) is 0.551. The molecule has 1 fully saturated rings. The molecule has 0 radical (unpaired) electrons. The first-order valence-electron chi connectivity index (χ1n) is 5.56. The van der Waals surface area contributed by atoms with Gasteiger partial charge in [-0.15, -0.1) is 0 Å². The molecule has 90 valence electrons. The van der Waals surface area contributed by atoms with Gasteiger partial charge in [0.2, 0.25) is 0 Å². The van der Waals surface area contributed by atoms with Crippen molar-refractivity contribution in [2.24, 2.45) is 0 Å². The zero-order valence-corrected chi connectivity index (χ0v) is 13.1. The van der Waals surface area contributed by atoms with Crippen molar-refractivity contribution < 1.29 is 4.21 Å². The predicted octanol–water partition coefficient (Wildman–Crippen LogP) is 3.11. The fourth-order valence-electron chi connectivity index (χ4n) is 1.20. The molecule has 1 rings (SSSR count). The van der Waals surface area contributed by atoms with Crippen molar-refractivity contribution in [2.45, 2.75) is 38.9 Å². The van der Waals surface area contributed by atoms with Crippen molar-refractivity contribution in [3.05, 3.63) is 0 Å². The monoisotopic (exact) mass is 248 g/mol. The van der Waals surface area contributed by atoms with Gasteiger partial charge in [-0.25, -0.2) is 9.34 Å². The van der Waals surface area contributed by atoms with Gasteiger partial charge in [0.15, 0.2) is 16.8 Å². The van der Waals surface area contributed by atoms with Crippen LogP contribution in [-0.4, -0.2) is 44.8 Å². The highest BCUT2D eigenvalue weighted by molar-refractivity contribution is 7.49. The lowest BCUT2D eigenvalue weighted by Crippen LogP contribution is -2.40. The van der Waals surface area contributed by atoms with Gasteiger partial charge in [0.05, 0.1) is 0 Å². The predicted molar refractivity (Wildman–Crippen MR) is 70.5 cm³/mol. The maximum absolute atomic E-state index is 6.44. The molecule has 0 spiro atoms. The van der Waals surface area contributed by atoms with Gasteiger partial charge >= 0.3 is 0 Å². The molecule has 0 amide bonds. The van der Waals surface area contributed by atoms with Crippen molar-refractivity contribution in [1.82, 2.24) is 9.34 Å². The zero-order valence-electron chi connectivity index (χ0n) is 11.2. The van der Waals surface area contributed by atoms with Crippen molar-refractivity contribution in [2.75, 3.05) is 27.2 Å². The Morgan fingerprint density at radius 1 is 1.07 bits per heavy atom. The van der Waals surface area contributed by atoms with Crippen LogP contribution in [0.5, 0.6) is 0 Å². The second-order valence-electron chi connectivity index (χ2n) is 5.87. The molecular weight excluding hydrogens is 223 g/mol. The van der Waals surface area contributed by atoms with E-state index < -0.39 is 16.8 Å². The minimum Gasteiger partial charge on any atom is -0.372 e. The Labute approximate surface area is 96.9 Å². The first-order chi connectivity index (χ1) is 6.65. The molecule has 1 saturated heterocycles. The molecule has 0 atom stereocenters. The summed E-state index contributed by atoms with van der Waals surface area (Å²) < 4.78 is 11.2. The Bertz CT molecular complexity index is 220. The van der Waals surface area contributed by atoms with Gasteiger partial charge in [-0.2, -0.15) is 0 Å². The van der Waals surface area contributed by atoms with Crippen molar-refractivity contribution in [3.8, 4) is 0 Å². The molecular formula is C10H25N2OPSi. The Morgan fingerprint density at radius 2 is 1.47 bits per heavy atom. The SMILES string of the molecule is CN1CCN(C)P1O[Si](C)(C)C(C)(C)C. The first-order valence-corrected chi connectivity index (χ1v) is 9.64. The molecule has 3 nitrogen and oxygen atoms in total. The molecule has 0 unspecified atom stereocenters. The number of hydrogen-bond donors (Lipinski definition) is 0. The average molecular weight is 248 g/mol. The molecule has 1 heterocycles. The van der Waals surface area contributed by atoms with Crippen LogP contribution in [-0.2, 0) is 4.21 Å². The van der Waals surface area contributed by atoms with Crippen LogP contribution in [0.15, 0.2) is 0 Å². The topological polar surface area (TPSA) is 15.7 Å². The highest BCUT2D eigenvalue weighted by Gasteiger charge is 2.42. The molecule has 0 N–H and O–H groups in total. The van der Waals surface area contributed by atoms with Gasteiger partial charge < -0.3 is 4.21 Å². The molecule has 0 aromatic rings. The van der Waals surface area contributed by atoms with Gasteiger partial charge in [0.1, 0.15) is 0 Å². The second kappa shape index (κ2) is 4.42. The Balaban J connectivity index is 2.68. The van der Waals surface area contributed by atoms with E-state index in [4.69, 9.17) is 4.21 Å². The van der Waals surface area contributed by atoms with E-state index in [9.17, 15) is 0 Å². The van der Waals surface area contributed by atoms with E-state index in [1.54, 1.807) is 0 Å². The lowest BCUT2D eigenvalue weighted by Gasteiger charge is -2.40. The summed E-state index contributed by atoms with van der Waals surface area (Å²) in [5.41, 5.74) is 0. The summed E-state index contributed by atoms with van der Waals surface area (Å²) >= 11 is 0. The number of hydrogen-bond acceptors (Lipinski definition) is 3. The Kier molecular flexibility index (Phi) is 4.00. The van der Waals surface area contributed by atoms with Gasteiger partial charge in [-0.05, 0) is 32.2 Å².